The maximum Gasteiger partial charge on any atom is 0.187 e. The molecule has 0 atom stereocenters. The third-order valence-electron chi connectivity index (χ3n) is 3.27. The van der Waals surface area contributed by atoms with Crippen molar-refractivity contribution in [2.24, 2.45) is 11.8 Å². The van der Waals surface area contributed by atoms with Crippen molar-refractivity contribution in [3.05, 3.63) is 0 Å². The molecule has 8 heteroatoms. The van der Waals surface area contributed by atoms with Gasteiger partial charge in [0.2, 0.25) is 0 Å². The Hall–Kier alpha value is -3.14. The Morgan fingerprint density at radius 3 is 1.33 bits per heavy atom. The quantitative estimate of drug-likeness (QED) is 0.681. The fraction of sp³-hybridized carbons (Fsp3) is 0.538. The number of nitrogens with zero attached hydrogens (tertiary/aromatic N) is 8. The van der Waals surface area contributed by atoms with Crippen LogP contribution in [0.3, 0.4) is 0 Å². The van der Waals surface area contributed by atoms with E-state index in [0.717, 1.165) is 0 Å². The van der Waals surface area contributed by atoms with Crippen LogP contribution in [0, 0.1) is 79.8 Å². The molecule has 1 heterocycles. The highest BCUT2D eigenvalue weighted by atomic mass is 15.4. The number of nitriles is 6. The highest BCUT2D eigenvalue weighted by Gasteiger charge is 2.37. The number of hydrogen-bond donors (Lipinski definition) is 0. The van der Waals surface area contributed by atoms with Crippen molar-refractivity contribution in [3.63, 3.8) is 0 Å². The van der Waals surface area contributed by atoms with Gasteiger partial charge in [0.05, 0.1) is 43.1 Å². The summed E-state index contributed by atoms with van der Waals surface area (Å²) in [6.45, 7) is 0.535. The molecule has 1 aliphatic rings. The molecule has 0 unspecified atom stereocenters. The summed E-state index contributed by atoms with van der Waals surface area (Å²) in [5, 5.41) is 53.8. The van der Waals surface area contributed by atoms with Crippen LogP contribution in [0.4, 0.5) is 0 Å². The Morgan fingerprint density at radius 2 is 1.05 bits per heavy atom. The van der Waals surface area contributed by atoms with Crippen molar-refractivity contribution in [2.75, 3.05) is 19.8 Å². The SMILES string of the molecule is N#CC(C#N)C1CN(C(C#N)C#N)CN(C(C#N)C#N)C1. The normalized spacial score (nSPS) is 16.4. The van der Waals surface area contributed by atoms with E-state index in [1.165, 1.54) is 9.80 Å². The van der Waals surface area contributed by atoms with E-state index in [4.69, 9.17) is 31.6 Å². The average Bonchev–Trinajstić information content (AvgIpc) is 2.51. The van der Waals surface area contributed by atoms with Gasteiger partial charge >= 0.3 is 0 Å². The van der Waals surface area contributed by atoms with E-state index in [1.54, 1.807) is 0 Å². The van der Waals surface area contributed by atoms with Gasteiger partial charge in [-0.05, 0) is 0 Å². The highest BCUT2D eigenvalue weighted by Crippen LogP contribution is 2.22. The Labute approximate surface area is 122 Å². The van der Waals surface area contributed by atoms with Gasteiger partial charge in [0.1, 0.15) is 5.92 Å². The zero-order valence-electron chi connectivity index (χ0n) is 11.0. The zero-order chi connectivity index (χ0) is 15.8. The molecule has 0 aliphatic carbocycles. The predicted octanol–water partition coefficient (Wildman–Crippen LogP) is -0.327. The van der Waals surface area contributed by atoms with E-state index < -0.39 is 23.9 Å². The minimum Gasteiger partial charge on any atom is -0.263 e. The van der Waals surface area contributed by atoms with Gasteiger partial charge in [0.25, 0.3) is 0 Å². The summed E-state index contributed by atoms with van der Waals surface area (Å²) >= 11 is 0. The number of rotatable bonds is 3. The molecule has 1 fully saturated rings. The van der Waals surface area contributed by atoms with E-state index in [9.17, 15) is 0 Å². The number of hydrogen-bond acceptors (Lipinski definition) is 8. The lowest BCUT2D eigenvalue weighted by atomic mass is 9.91. The Bertz CT molecular complexity index is 490. The first-order valence-electron chi connectivity index (χ1n) is 6.00. The van der Waals surface area contributed by atoms with Crippen molar-refractivity contribution < 1.29 is 0 Å². The molecule has 1 saturated heterocycles. The third kappa shape index (κ3) is 3.45. The first-order valence-corrected chi connectivity index (χ1v) is 6.00. The average molecular weight is 278 g/mol. The molecule has 0 saturated carbocycles. The molecular formula is C13H10N8. The second kappa shape index (κ2) is 7.45. The first-order chi connectivity index (χ1) is 10.1. The topological polar surface area (TPSA) is 149 Å². The van der Waals surface area contributed by atoms with Gasteiger partial charge in [-0.1, -0.05) is 0 Å². The van der Waals surface area contributed by atoms with Crippen LogP contribution in [0.5, 0.6) is 0 Å². The fourth-order valence-corrected chi connectivity index (χ4v) is 2.22. The van der Waals surface area contributed by atoms with E-state index in [2.05, 4.69) is 0 Å². The van der Waals surface area contributed by atoms with E-state index in [0.29, 0.717) is 0 Å². The van der Waals surface area contributed by atoms with Gasteiger partial charge in [0.15, 0.2) is 12.1 Å². The van der Waals surface area contributed by atoms with Crippen molar-refractivity contribution in [1.29, 1.82) is 31.6 Å². The minimum absolute atomic E-state index is 0.0949. The molecule has 21 heavy (non-hydrogen) atoms. The Balaban J connectivity index is 3.06. The van der Waals surface area contributed by atoms with Gasteiger partial charge in [-0.25, -0.2) is 0 Å². The summed E-state index contributed by atoms with van der Waals surface area (Å²) in [5.74, 6) is -1.38. The smallest absolute Gasteiger partial charge is 0.187 e. The monoisotopic (exact) mass is 278 g/mol. The molecule has 0 bridgehead atoms. The first kappa shape index (κ1) is 15.9. The van der Waals surface area contributed by atoms with Crippen LogP contribution in [0.2, 0.25) is 0 Å². The second-order valence-corrected chi connectivity index (χ2v) is 4.50. The van der Waals surface area contributed by atoms with Gasteiger partial charge in [-0.3, -0.25) is 9.80 Å². The van der Waals surface area contributed by atoms with Gasteiger partial charge in [-0.15, -0.1) is 0 Å². The zero-order valence-corrected chi connectivity index (χ0v) is 11.0. The molecule has 0 N–H and O–H groups in total. The molecule has 1 rings (SSSR count). The van der Waals surface area contributed by atoms with Crippen LogP contribution in [0.15, 0.2) is 0 Å². The summed E-state index contributed by atoms with van der Waals surface area (Å²) < 4.78 is 0. The van der Waals surface area contributed by atoms with Crippen LogP contribution >= 0.6 is 0 Å². The molecule has 0 aromatic heterocycles. The maximum absolute atomic E-state index is 8.99. The fourth-order valence-electron chi connectivity index (χ4n) is 2.22. The molecule has 0 spiro atoms. The van der Waals surface area contributed by atoms with Gasteiger partial charge in [-0.2, -0.15) is 31.6 Å². The van der Waals surface area contributed by atoms with Gasteiger partial charge < -0.3 is 0 Å². The summed E-state index contributed by atoms with van der Waals surface area (Å²) in [4.78, 5) is 2.94. The van der Waals surface area contributed by atoms with Crippen LogP contribution in [-0.4, -0.2) is 41.6 Å². The second-order valence-electron chi connectivity index (χ2n) is 4.50. The van der Waals surface area contributed by atoms with E-state index in [-0.39, 0.29) is 19.8 Å². The summed E-state index contributed by atoms with van der Waals surface area (Å²) in [5.41, 5.74) is 0. The van der Waals surface area contributed by atoms with Gasteiger partial charge in [0, 0.05) is 19.0 Å². The standard InChI is InChI=1S/C13H10N8/c14-1-10(2-15)11-7-20(12(3-16)4-17)9-21(8-11)13(5-18)6-19/h10-13H,7-9H2. The summed E-state index contributed by atoms with van der Waals surface area (Å²) in [7, 11) is 0. The lowest BCUT2D eigenvalue weighted by Gasteiger charge is -2.41. The van der Waals surface area contributed by atoms with Crippen LogP contribution in [-0.2, 0) is 0 Å². The molecule has 0 aromatic rings. The molecule has 0 radical (unpaired) electrons. The van der Waals surface area contributed by atoms with E-state index in [1.807, 2.05) is 36.4 Å². The molecule has 0 amide bonds. The lowest BCUT2D eigenvalue weighted by Crippen LogP contribution is -2.56. The summed E-state index contributed by atoms with van der Waals surface area (Å²) in [6, 6.07) is 8.91. The van der Waals surface area contributed by atoms with Crippen molar-refractivity contribution in [2.45, 2.75) is 12.1 Å². The molecule has 1 aliphatic heterocycles. The van der Waals surface area contributed by atoms with Crippen LogP contribution < -0.4 is 0 Å². The molecule has 102 valence electrons. The van der Waals surface area contributed by atoms with E-state index >= 15 is 0 Å². The van der Waals surface area contributed by atoms with Crippen molar-refractivity contribution in [1.82, 2.24) is 9.80 Å². The molecule has 8 nitrogen and oxygen atoms in total. The minimum atomic E-state index is -1.05. The maximum atomic E-state index is 8.99. The predicted molar refractivity (Wildman–Crippen MR) is 66.5 cm³/mol. The van der Waals surface area contributed by atoms with Crippen LogP contribution in [0.1, 0.15) is 0 Å². The third-order valence-corrected chi connectivity index (χ3v) is 3.27. The molecular weight excluding hydrogens is 268 g/mol. The van der Waals surface area contributed by atoms with Crippen molar-refractivity contribution in [3.8, 4) is 36.4 Å². The summed E-state index contributed by atoms with van der Waals surface area (Å²) in [6.07, 6.45) is 0. The Morgan fingerprint density at radius 1 is 0.667 bits per heavy atom. The largest absolute Gasteiger partial charge is 0.263 e. The highest BCUT2D eigenvalue weighted by molar-refractivity contribution is 5.14. The molecule has 0 aromatic carbocycles. The van der Waals surface area contributed by atoms with Crippen LogP contribution in [0.25, 0.3) is 0 Å². The van der Waals surface area contributed by atoms with Crippen molar-refractivity contribution >= 4 is 0 Å². The Kier molecular flexibility index (Phi) is 5.65. The lowest BCUT2D eigenvalue weighted by molar-refractivity contribution is 0.0333.